The molecule has 242 valence electrons. The molecule has 2 amide bonds. The van der Waals surface area contributed by atoms with Crippen molar-refractivity contribution in [3.8, 4) is 0 Å². The van der Waals surface area contributed by atoms with Crippen molar-refractivity contribution in [2.45, 2.75) is 13.8 Å². The van der Waals surface area contributed by atoms with Gasteiger partial charge < -0.3 is 21.3 Å². The fraction of sp³-hybridized carbons (Fsp3) is 0.333. The molecule has 0 atom stereocenters. The first-order chi connectivity index (χ1) is 22.1. The van der Waals surface area contributed by atoms with Gasteiger partial charge in [0.1, 0.15) is 11.4 Å². The molecule has 0 radical (unpaired) electrons. The minimum Gasteiger partial charge on any atom is -0.382 e. The van der Waals surface area contributed by atoms with Crippen LogP contribution in [0.25, 0.3) is 0 Å². The minimum absolute atomic E-state index is 0.149. The fourth-order valence-corrected chi connectivity index (χ4v) is 6.12. The maximum absolute atomic E-state index is 11.6. The SMILES string of the molecule is CC(=O)Nc1ccc(NCCSSCCNc2ccc(NC(C)=O)cc2N=Nc2n(C)cc[n+]2C)c(N=Nc2n(C)cc[n+]2C)c1. The second-order valence-electron chi connectivity index (χ2n) is 10.4. The summed E-state index contributed by atoms with van der Waals surface area (Å²) < 4.78 is 7.53. The van der Waals surface area contributed by atoms with Crippen LogP contribution in [0.2, 0.25) is 0 Å². The topological polar surface area (TPSA) is 149 Å². The van der Waals surface area contributed by atoms with E-state index in [4.69, 9.17) is 0 Å². The van der Waals surface area contributed by atoms with E-state index in [9.17, 15) is 9.59 Å². The molecule has 0 aliphatic carbocycles. The number of benzene rings is 2. The van der Waals surface area contributed by atoms with Crippen molar-refractivity contribution >= 4 is 79.4 Å². The van der Waals surface area contributed by atoms with E-state index >= 15 is 0 Å². The summed E-state index contributed by atoms with van der Waals surface area (Å²) in [4.78, 5) is 23.2. The highest BCUT2D eigenvalue weighted by molar-refractivity contribution is 8.76. The third kappa shape index (κ3) is 9.90. The van der Waals surface area contributed by atoms with Crippen molar-refractivity contribution in [2.75, 3.05) is 45.9 Å². The first-order valence-electron chi connectivity index (χ1n) is 14.5. The minimum atomic E-state index is -0.149. The fourth-order valence-electron chi connectivity index (χ4n) is 4.31. The molecule has 0 unspecified atom stereocenters. The normalized spacial score (nSPS) is 11.3. The Morgan fingerprint density at radius 2 is 1.11 bits per heavy atom. The first kappa shape index (κ1) is 34.2. The second-order valence-corrected chi connectivity index (χ2v) is 13.1. The summed E-state index contributed by atoms with van der Waals surface area (Å²) >= 11 is 0. The number of amides is 2. The maximum Gasteiger partial charge on any atom is 0.421 e. The van der Waals surface area contributed by atoms with Gasteiger partial charge in [-0.05, 0) is 36.4 Å². The Hall–Kier alpha value is -4.70. The van der Waals surface area contributed by atoms with Crippen LogP contribution < -0.4 is 30.4 Å². The van der Waals surface area contributed by atoms with Crippen LogP contribution in [0.3, 0.4) is 0 Å². The highest BCUT2D eigenvalue weighted by atomic mass is 33.1. The predicted molar refractivity (Wildman–Crippen MR) is 185 cm³/mol. The first-order valence-corrected chi connectivity index (χ1v) is 17.0. The zero-order valence-corrected chi connectivity index (χ0v) is 28.4. The van der Waals surface area contributed by atoms with E-state index in [2.05, 4.69) is 41.7 Å². The molecule has 2 aromatic carbocycles. The standard InChI is InChI=1S/C30H38N12O2S2/c1-21(43)33-23-7-9-25(27(19-23)35-37-29-39(3)13-14-40(29)4)31-11-17-45-46-18-12-32-26-10-8-24(34-22(2)44)20-28(26)36-38-30-41(5)15-16-42(30)6/h7-10,13-16,19-20H,11-12,17-18H2,1-6H3,(H2,33,34,35,36,43,44)/p+2. The van der Waals surface area contributed by atoms with Gasteiger partial charge >= 0.3 is 11.9 Å². The number of aromatic nitrogens is 4. The number of hydrogen-bond acceptors (Lipinski definition) is 10. The molecule has 4 N–H and O–H groups in total. The summed E-state index contributed by atoms with van der Waals surface area (Å²) in [6.45, 7) is 4.39. The lowest BCUT2D eigenvalue weighted by molar-refractivity contribution is -0.657. The van der Waals surface area contributed by atoms with Gasteiger partial charge in [-0.3, -0.25) is 9.59 Å². The van der Waals surface area contributed by atoms with Crippen LogP contribution in [-0.4, -0.2) is 45.5 Å². The molecular weight excluding hydrogens is 625 g/mol. The number of hydrogen-bond donors (Lipinski definition) is 4. The van der Waals surface area contributed by atoms with Gasteiger partial charge in [-0.25, -0.2) is 18.3 Å². The molecule has 0 fully saturated rings. The zero-order valence-electron chi connectivity index (χ0n) is 26.8. The van der Waals surface area contributed by atoms with Gasteiger partial charge in [0.2, 0.25) is 11.8 Å². The quantitative estimate of drug-likeness (QED) is 0.0557. The summed E-state index contributed by atoms with van der Waals surface area (Å²) in [5.41, 5.74) is 4.24. The van der Waals surface area contributed by atoms with Gasteiger partial charge in [0.05, 0.1) is 64.4 Å². The number of imidazole rings is 2. The number of anilines is 4. The van der Waals surface area contributed by atoms with E-state index in [-0.39, 0.29) is 11.8 Å². The largest absolute Gasteiger partial charge is 0.421 e. The van der Waals surface area contributed by atoms with Gasteiger partial charge in [0.25, 0.3) is 0 Å². The number of rotatable bonds is 15. The van der Waals surface area contributed by atoms with Crippen molar-refractivity contribution in [3.05, 3.63) is 61.2 Å². The lowest BCUT2D eigenvalue weighted by Gasteiger charge is -2.11. The van der Waals surface area contributed by atoms with Crippen molar-refractivity contribution in [1.82, 2.24) is 9.13 Å². The summed E-state index contributed by atoms with van der Waals surface area (Å²) in [6.07, 6.45) is 7.63. The van der Waals surface area contributed by atoms with Crippen molar-refractivity contribution in [2.24, 2.45) is 48.6 Å². The summed E-state index contributed by atoms with van der Waals surface area (Å²) in [6, 6.07) is 11.1. The molecule has 0 aliphatic heterocycles. The Bertz CT molecular complexity index is 1570. The molecule has 4 rings (SSSR count). The van der Waals surface area contributed by atoms with Gasteiger partial charge in [-0.1, -0.05) is 31.8 Å². The van der Waals surface area contributed by atoms with E-state index in [1.807, 2.05) is 95.5 Å². The predicted octanol–water partition coefficient (Wildman–Crippen LogP) is 5.67. The van der Waals surface area contributed by atoms with Crippen molar-refractivity contribution in [3.63, 3.8) is 0 Å². The summed E-state index contributed by atoms with van der Waals surface area (Å²) in [7, 11) is 11.2. The molecule has 2 aromatic heterocycles. The van der Waals surface area contributed by atoms with Gasteiger partial charge in [-0.15, -0.1) is 0 Å². The molecule has 46 heavy (non-hydrogen) atoms. The molecule has 0 bridgehead atoms. The lowest BCUT2D eigenvalue weighted by atomic mass is 10.2. The number of aryl methyl sites for hydroxylation is 4. The molecule has 2 heterocycles. The van der Waals surface area contributed by atoms with Crippen LogP contribution in [0.15, 0.2) is 81.6 Å². The average molecular weight is 665 g/mol. The van der Waals surface area contributed by atoms with E-state index < -0.39 is 0 Å². The van der Waals surface area contributed by atoms with Crippen molar-refractivity contribution < 1.29 is 18.7 Å². The molecule has 14 nitrogen and oxygen atoms in total. The van der Waals surface area contributed by atoms with Crippen LogP contribution in [0.1, 0.15) is 13.8 Å². The van der Waals surface area contributed by atoms with Crippen LogP contribution >= 0.6 is 21.6 Å². The third-order valence-electron chi connectivity index (χ3n) is 6.51. The third-order valence-corrected chi connectivity index (χ3v) is 8.91. The molecular formula is C30H40N12O2S2+2. The summed E-state index contributed by atoms with van der Waals surface area (Å²) in [5, 5.41) is 30.3. The molecule has 4 aromatic rings. The van der Waals surface area contributed by atoms with E-state index in [1.54, 1.807) is 33.7 Å². The van der Waals surface area contributed by atoms with E-state index in [0.717, 1.165) is 36.0 Å². The Kier molecular flexibility index (Phi) is 12.3. The Morgan fingerprint density at radius 1 is 0.696 bits per heavy atom. The Morgan fingerprint density at radius 3 is 1.46 bits per heavy atom. The van der Waals surface area contributed by atoms with Crippen molar-refractivity contribution in [1.29, 1.82) is 0 Å². The van der Waals surface area contributed by atoms with Gasteiger partial charge in [0.15, 0.2) is 0 Å². The molecule has 16 heteroatoms. The number of azo groups is 2. The highest BCUT2D eigenvalue weighted by Gasteiger charge is 2.14. The number of carbonyl (C=O) groups is 2. The van der Waals surface area contributed by atoms with E-state index in [1.165, 1.54) is 13.8 Å². The smallest absolute Gasteiger partial charge is 0.382 e. The Balaban J connectivity index is 1.29. The monoisotopic (exact) mass is 664 g/mol. The van der Waals surface area contributed by atoms with E-state index in [0.29, 0.717) is 34.6 Å². The highest BCUT2D eigenvalue weighted by Crippen LogP contribution is 2.32. The molecule has 0 aliphatic rings. The average Bonchev–Trinajstić information content (AvgIpc) is 3.50. The number of nitrogens with one attached hydrogen (secondary N) is 4. The van der Waals surface area contributed by atoms with Crippen LogP contribution in [0.5, 0.6) is 0 Å². The van der Waals surface area contributed by atoms with Crippen LogP contribution in [-0.2, 0) is 37.8 Å². The van der Waals surface area contributed by atoms with Gasteiger partial charge in [-0.2, -0.15) is 0 Å². The number of carbonyl (C=O) groups excluding carboxylic acids is 2. The zero-order chi connectivity index (χ0) is 33.1. The molecule has 0 saturated heterocycles. The van der Waals surface area contributed by atoms with Gasteiger partial charge in [0, 0.05) is 60.0 Å². The Labute approximate surface area is 276 Å². The molecule has 0 saturated carbocycles. The molecule has 0 spiro atoms. The van der Waals surface area contributed by atoms with Crippen LogP contribution in [0, 0.1) is 0 Å². The summed E-state index contributed by atoms with van der Waals surface area (Å²) in [5.74, 6) is 2.81. The second kappa shape index (κ2) is 16.6. The lowest BCUT2D eigenvalue weighted by Crippen LogP contribution is -2.25. The van der Waals surface area contributed by atoms with Crippen LogP contribution in [0.4, 0.5) is 46.0 Å². The number of nitrogens with zero attached hydrogens (tertiary/aromatic N) is 8. The maximum atomic E-state index is 11.6.